The highest BCUT2D eigenvalue weighted by Crippen LogP contribution is 2.30. The van der Waals surface area contributed by atoms with Crippen LogP contribution in [0.3, 0.4) is 0 Å². The van der Waals surface area contributed by atoms with E-state index in [0.717, 1.165) is 21.2 Å². The first-order valence-corrected chi connectivity index (χ1v) is 12.5. The van der Waals surface area contributed by atoms with Crippen LogP contribution in [-0.2, 0) is 19.6 Å². The van der Waals surface area contributed by atoms with Gasteiger partial charge in [-0.3, -0.25) is 4.79 Å². The Hall–Kier alpha value is -2.18. The van der Waals surface area contributed by atoms with Crippen LogP contribution in [0.1, 0.15) is 5.56 Å². The standard InChI is InChI=1S/C20H25ClN4O5S2/c1-14-3-5-15(6-4-14)23-20(27)24-10-11-25(16(13-24)19(26)22-9-12-30-2)32(28,29)18-8-7-17(21)31-18/h3-8,16H,9-13H2,1-2H3,(H,22,26)(H,23,27). The van der Waals surface area contributed by atoms with Gasteiger partial charge in [-0.05, 0) is 31.2 Å². The predicted molar refractivity (Wildman–Crippen MR) is 124 cm³/mol. The van der Waals surface area contributed by atoms with Gasteiger partial charge in [0.25, 0.3) is 10.0 Å². The summed E-state index contributed by atoms with van der Waals surface area (Å²) in [5, 5.41) is 5.47. The van der Waals surface area contributed by atoms with Gasteiger partial charge in [0.15, 0.2) is 0 Å². The van der Waals surface area contributed by atoms with Crippen LogP contribution in [0.15, 0.2) is 40.6 Å². The van der Waals surface area contributed by atoms with Gasteiger partial charge in [-0.1, -0.05) is 29.3 Å². The van der Waals surface area contributed by atoms with Gasteiger partial charge >= 0.3 is 6.03 Å². The lowest BCUT2D eigenvalue weighted by Crippen LogP contribution is -2.62. The lowest BCUT2D eigenvalue weighted by molar-refractivity contribution is -0.126. The van der Waals surface area contributed by atoms with E-state index in [-0.39, 0.29) is 37.0 Å². The van der Waals surface area contributed by atoms with Crippen molar-refractivity contribution in [1.29, 1.82) is 0 Å². The number of rotatable bonds is 7. The number of nitrogens with zero attached hydrogens (tertiary/aromatic N) is 2. The van der Waals surface area contributed by atoms with Crippen molar-refractivity contribution in [3.8, 4) is 0 Å². The highest BCUT2D eigenvalue weighted by molar-refractivity contribution is 7.91. The molecule has 1 aliphatic heterocycles. The van der Waals surface area contributed by atoms with Crippen LogP contribution in [0, 0.1) is 6.92 Å². The van der Waals surface area contributed by atoms with E-state index in [9.17, 15) is 18.0 Å². The van der Waals surface area contributed by atoms with Crippen LogP contribution in [0.5, 0.6) is 0 Å². The van der Waals surface area contributed by atoms with Gasteiger partial charge in [-0.15, -0.1) is 11.3 Å². The second-order valence-corrected chi connectivity index (χ2v) is 11.0. The number of methoxy groups -OCH3 is 1. The zero-order valence-electron chi connectivity index (χ0n) is 17.7. The summed E-state index contributed by atoms with van der Waals surface area (Å²) in [5.74, 6) is -0.499. The fourth-order valence-electron chi connectivity index (χ4n) is 3.24. The number of piperazine rings is 1. The van der Waals surface area contributed by atoms with Gasteiger partial charge < -0.3 is 20.3 Å². The molecule has 2 aromatic rings. The van der Waals surface area contributed by atoms with Crippen molar-refractivity contribution < 1.29 is 22.7 Å². The van der Waals surface area contributed by atoms with E-state index in [2.05, 4.69) is 10.6 Å². The molecule has 2 heterocycles. The Labute approximate surface area is 196 Å². The molecule has 2 N–H and O–H groups in total. The van der Waals surface area contributed by atoms with Crippen molar-refractivity contribution in [3.63, 3.8) is 0 Å². The number of amides is 3. The molecule has 0 bridgehead atoms. The summed E-state index contributed by atoms with van der Waals surface area (Å²) in [6.07, 6.45) is 0. The fraction of sp³-hybridized carbons (Fsp3) is 0.400. The van der Waals surface area contributed by atoms with E-state index in [1.807, 2.05) is 19.1 Å². The van der Waals surface area contributed by atoms with E-state index >= 15 is 0 Å². The summed E-state index contributed by atoms with van der Waals surface area (Å²) in [6.45, 7) is 2.47. The Kier molecular flexibility index (Phi) is 8.12. The van der Waals surface area contributed by atoms with Gasteiger partial charge in [-0.25, -0.2) is 13.2 Å². The number of carbonyl (C=O) groups excluding carboxylic acids is 2. The molecule has 12 heteroatoms. The summed E-state index contributed by atoms with van der Waals surface area (Å²) in [6, 6.07) is 8.73. The number of nitrogens with one attached hydrogen (secondary N) is 2. The summed E-state index contributed by atoms with van der Waals surface area (Å²) >= 11 is 6.85. The molecule has 9 nitrogen and oxygen atoms in total. The third-order valence-electron chi connectivity index (χ3n) is 4.94. The number of sulfonamides is 1. The quantitative estimate of drug-likeness (QED) is 0.567. The highest BCUT2D eigenvalue weighted by atomic mass is 35.5. The molecule has 1 unspecified atom stereocenters. The van der Waals surface area contributed by atoms with Crippen LogP contribution in [0.4, 0.5) is 10.5 Å². The number of hydrogen-bond acceptors (Lipinski definition) is 6. The van der Waals surface area contributed by atoms with E-state index in [0.29, 0.717) is 10.0 Å². The lowest BCUT2D eigenvalue weighted by Gasteiger charge is -2.39. The maximum atomic E-state index is 13.2. The molecular weight excluding hydrogens is 476 g/mol. The van der Waals surface area contributed by atoms with Gasteiger partial charge in [-0.2, -0.15) is 4.31 Å². The number of anilines is 1. The molecule has 174 valence electrons. The molecular formula is C20H25ClN4O5S2. The molecule has 3 rings (SSSR count). The molecule has 1 fully saturated rings. The Balaban J connectivity index is 1.79. The van der Waals surface area contributed by atoms with Crippen molar-refractivity contribution in [2.75, 3.05) is 45.2 Å². The van der Waals surface area contributed by atoms with Crippen LogP contribution in [0.2, 0.25) is 4.34 Å². The number of benzene rings is 1. The number of ether oxygens (including phenoxy) is 1. The average Bonchev–Trinajstić information content (AvgIpc) is 3.22. The number of halogens is 1. The fourth-order valence-corrected chi connectivity index (χ4v) is 6.42. The molecule has 1 aliphatic rings. The van der Waals surface area contributed by atoms with Gasteiger partial charge in [0.2, 0.25) is 5.91 Å². The topological polar surface area (TPSA) is 108 Å². The highest BCUT2D eigenvalue weighted by Gasteiger charge is 2.41. The maximum Gasteiger partial charge on any atom is 0.321 e. The van der Waals surface area contributed by atoms with E-state index in [1.165, 1.54) is 24.1 Å². The molecule has 0 spiro atoms. The van der Waals surface area contributed by atoms with Gasteiger partial charge in [0, 0.05) is 39.0 Å². The normalized spacial score (nSPS) is 17.2. The molecule has 1 atom stereocenters. The van der Waals surface area contributed by atoms with Crippen molar-refractivity contribution in [1.82, 2.24) is 14.5 Å². The summed E-state index contributed by atoms with van der Waals surface area (Å²) in [4.78, 5) is 27.1. The van der Waals surface area contributed by atoms with Crippen LogP contribution < -0.4 is 10.6 Å². The van der Waals surface area contributed by atoms with E-state index in [4.69, 9.17) is 16.3 Å². The molecule has 0 radical (unpaired) electrons. The number of aryl methyl sites for hydroxylation is 1. The first kappa shape index (κ1) is 24.5. The molecule has 1 aromatic heterocycles. The number of urea groups is 1. The number of hydrogen-bond donors (Lipinski definition) is 2. The Morgan fingerprint density at radius 1 is 1.19 bits per heavy atom. The lowest BCUT2D eigenvalue weighted by atomic mass is 10.2. The minimum atomic E-state index is -3.96. The van der Waals surface area contributed by atoms with E-state index < -0.39 is 28.0 Å². The van der Waals surface area contributed by atoms with Crippen molar-refractivity contribution in [2.24, 2.45) is 0 Å². The van der Waals surface area contributed by atoms with Crippen molar-refractivity contribution in [2.45, 2.75) is 17.2 Å². The molecule has 1 aromatic carbocycles. The molecule has 1 saturated heterocycles. The second-order valence-electron chi connectivity index (χ2n) is 7.22. The summed E-state index contributed by atoms with van der Waals surface area (Å²) in [7, 11) is -2.46. The third-order valence-corrected chi connectivity index (χ3v) is 8.55. The smallest absolute Gasteiger partial charge is 0.321 e. The van der Waals surface area contributed by atoms with Gasteiger partial charge in [0.05, 0.1) is 10.9 Å². The van der Waals surface area contributed by atoms with Crippen molar-refractivity contribution >= 4 is 50.6 Å². The largest absolute Gasteiger partial charge is 0.383 e. The SMILES string of the molecule is COCCNC(=O)C1CN(C(=O)Nc2ccc(C)cc2)CCN1S(=O)(=O)c1ccc(Cl)s1. The zero-order valence-corrected chi connectivity index (χ0v) is 20.1. The Morgan fingerprint density at radius 3 is 2.53 bits per heavy atom. The minimum Gasteiger partial charge on any atom is -0.383 e. The van der Waals surface area contributed by atoms with Crippen molar-refractivity contribution in [3.05, 3.63) is 46.3 Å². The maximum absolute atomic E-state index is 13.2. The second kappa shape index (κ2) is 10.6. The monoisotopic (exact) mass is 500 g/mol. The van der Waals surface area contributed by atoms with Crippen LogP contribution in [-0.4, -0.2) is 75.5 Å². The average molecular weight is 501 g/mol. The minimum absolute atomic E-state index is 0.0263. The number of thiophene rings is 1. The van der Waals surface area contributed by atoms with Crippen LogP contribution >= 0.6 is 22.9 Å². The predicted octanol–water partition coefficient (Wildman–Crippen LogP) is 2.38. The number of carbonyl (C=O) groups is 2. The van der Waals surface area contributed by atoms with Crippen LogP contribution in [0.25, 0.3) is 0 Å². The Bertz CT molecular complexity index is 1060. The zero-order chi connectivity index (χ0) is 23.3. The molecule has 0 aliphatic carbocycles. The summed E-state index contributed by atoms with van der Waals surface area (Å²) < 4.78 is 32.9. The third kappa shape index (κ3) is 5.78. The molecule has 3 amide bonds. The molecule has 0 saturated carbocycles. The summed E-state index contributed by atoms with van der Waals surface area (Å²) in [5.41, 5.74) is 1.67. The van der Waals surface area contributed by atoms with Gasteiger partial charge in [0.1, 0.15) is 10.3 Å². The van der Waals surface area contributed by atoms with E-state index in [1.54, 1.807) is 12.1 Å². The first-order valence-electron chi connectivity index (χ1n) is 9.89. The Morgan fingerprint density at radius 2 is 1.91 bits per heavy atom. The molecule has 32 heavy (non-hydrogen) atoms. The first-order chi connectivity index (χ1) is 15.2.